The number of amides is 1. The third-order valence-electron chi connectivity index (χ3n) is 4.62. The Bertz CT molecular complexity index is 1090. The molecule has 1 atom stereocenters. The van der Waals surface area contributed by atoms with Crippen LogP contribution >= 0.6 is 0 Å². The first kappa shape index (κ1) is 16.3. The number of nitrogens with zero attached hydrogens (tertiary/aromatic N) is 3. The molecule has 1 unspecified atom stereocenters. The number of nitrogens with one attached hydrogen (secondary N) is 1. The van der Waals surface area contributed by atoms with Gasteiger partial charge in [0.1, 0.15) is 11.5 Å². The number of rotatable bonds is 4. The third kappa shape index (κ3) is 2.71. The lowest BCUT2D eigenvalue weighted by Gasteiger charge is -2.15. The lowest BCUT2D eigenvalue weighted by atomic mass is 10.1. The maximum absolute atomic E-state index is 12.8. The second-order valence-corrected chi connectivity index (χ2v) is 6.28. The van der Waals surface area contributed by atoms with Crippen molar-refractivity contribution >= 4 is 27.7 Å². The molecule has 0 fully saturated rings. The van der Waals surface area contributed by atoms with Gasteiger partial charge in [-0.15, -0.1) is 0 Å². The number of imidazole rings is 1. The maximum atomic E-state index is 12.8. The minimum Gasteiger partial charge on any atom is -0.341 e. The molecule has 2 aromatic carbocycles. The van der Waals surface area contributed by atoms with E-state index in [1.807, 2.05) is 55.5 Å². The molecule has 5 nitrogen and oxygen atoms in total. The first-order valence-electron chi connectivity index (χ1n) is 8.79. The SMILES string of the molecule is CCn1c(C(C)NC(=O)c2nccc3ccccc23)nc2ccccc21. The van der Waals surface area contributed by atoms with Crippen LogP contribution in [-0.2, 0) is 6.54 Å². The molecule has 0 aliphatic rings. The first-order chi connectivity index (χ1) is 12.7. The summed E-state index contributed by atoms with van der Waals surface area (Å²) in [5.74, 6) is 0.659. The summed E-state index contributed by atoms with van der Waals surface area (Å²) in [4.78, 5) is 21.9. The number of pyridine rings is 1. The van der Waals surface area contributed by atoms with E-state index in [1.54, 1.807) is 6.20 Å². The molecule has 0 bridgehead atoms. The largest absolute Gasteiger partial charge is 0.341 e. The minimum absolute atomic E-state index is 0.191. The Hall–Kier alpha value is -3.21. The average Bonchev–Trinajstić information content (AvgIpc) is 3.06. The molecule has 5 heteroatoms. The van der Waals surface area contributed by atoms with Crippen LogP contribution in [-0.4, -0.2) is 20.4 Å². The molecule has 0 aliphatic heterocycles. The molecule has 0 aliphatic carbocycles. The Kier molecular flexibility index (Phi) is 4.13. The fraction of sp³-hybridized carbons (Fsp3) is 0.190. The topological polar surface area (TPSA) is 59.8 Å². The van der Waals surface area contributed by atoms with Crippen LogP contribution in [0.4, 0.5) is 0 Å². The number of fused-ring (bicyclic) bond motifs is 2. The zero-order valence-corrected chi connectivity index (χ0v) is 14.8. The molecular weight excluding hydrogens is 324 g/mol. The van der Waals surface area contributed by atoms with Crippen LogP contribution in [0.2, 0.25) is 0 Å². The molecule has 0 saturated heterocycles. The normalized spacial score (nSPS) is 12.4. The fourth-order valence-corrected chi connectivity index (χ4v) is 3.39. The minimum atomic E-state index is -0.226. The van der Waals surface area contributed by atoms with Crippen LogP contribution in [0, 0.1) is 0 Å². The Labute approximate surface area is 151 Å². The summed E-state index contributed by atoms with van der Waals surface area (Å²) in [6.07, 6.45) is 1.67. The van der Waals surface area contributed by atoms with Crippen molar-refractivity contribution in [3.63, 3.8) is 0 Å². The van der Waals surface area contributed by atoms with Gasteiger partial charge in [0.2, 0.25) is 0 Å². The summed E-state index contributed by atoms with van der Waals surface area (Å²) in [6, 6.07) is 17.5. The van der Waals surface area contributed by atoms with Crippen molar-refractivity contribution in [2.45, 2.75) is 26.4 Å². The zero-order valence-electron chi connectivity index (χ0n) is 14.8. The van der Waals surface area contributed by atoms with E-state index in [1.165, 1.54) is 0 Å². The quantitative estimate of drug-likeness (QED) is 0.606. The Morgan fingerprint density at radius 2 is 1.88 bits per heavy atom. The van der Waals surface area contributed by atoms with E-state index in [4.69, 9.17) is 4.98 Å². The second kappa shape index (κ2) is 6.59. The van der Waals surface area contributed by atoms with Crippen LogP contribution < -0.4 is 5.32 Å². The number of benzene rings is 2. The van der Waals surface area contributed by atoms with E-state index >= 15 is 0 Å². The number of aryl methyl sites for hydroxylation is 1. The number of aromatic nitrogens is 3. The summed E-state index contributed by atoms with van der Waals surface area (Å²) in [6.45, 7) is 4.83. The van der Waals surface area contributed by atoms with Crippen LogP contribution in [0.15, 0.2) is 60.8 Å². The van der Waals surface area contributed by atoms with Crippen molar-refractivity contribution in [2.75, 3.05) is 0 Å². The summed E-state index contributed by atoms with van der Waals surface area (Å²) in [7, 11) is 0. The van der Waals surface area contributed by atoms with Crippen molar-refractivity contribution in [3.8, 4) is 0 Å². The monoisotopic (exact) mass is 344 g/mol. The van der Waals surface area contributed by atoms with Crippen LogP contribution in [0.25, 0.3) is 21.8 Å². The van der Waals surface area contributed by atoms with Crippen molar-refractivity contribution in [1.29, 1.82) is 0 Å². The highest BCUT2D eigenvalue weighted by Crippen LogP contribution is 2.22. The Morgan fingerprint density at radius 3 is 2.73 bits per heavy atom. The summed E-state index contributed by atoms with van der Waals surface area (Å²) < 4.78 is 2.14. The highest BCUT2D eigenvalue weighted by Gasteiger charge is 2.20. The number of carbonyl (C=O) groups excluding carboxylic acids is 1. The molecule has 1 amide bonds. The van der Waals surface area contributed by atoms with E-state index in [2.05, 4.69) is 27.9 Å². The van der Waals surface area contributed by atoms with Gasteiger partial charge in [-0.1, -0.05) is 36.4 Å². The van der Waals surface area contributed by atoms with E-state index in [0.717, 1.165) is 34.2 Å². The van der Waals surface area contributed by atoms with Crippen molar-refractivity contribution < 1.29 is 4.79 Å². The maximum Gasteiger partial charge on any atom is 0.271 e. The third-order valence-corrected chi connectivity index (χ3v) is 4.62. The van der Waals surface area contributed by atoms with Crippen molar-refractivity contribution in [2.24, 2.45) is 0 Å². The second-order valence-electron chi connectivity index (χ2n) is 6.28. The van der Waals surface area contributed by atoms with E-state index in [9.17, 15) is 4.79 Å². The van der Waals surface area contributed by atoms with E-state index in [0.29, 0.717) is 5.69 Å². The molecule has 130 valence electrons. The van der Waals surface area contributed by atoms with E-state index in [-0.39, 0.29) is 11.9 Å². The van der Waals surface area contributed by atoms with Gasteiger partial charge in [0, 0.05) is 18.1 Å². The molecule has 0 spiro atoms. The molecular formula is C21H20N4O. The van der Waals surface area contributed by atoms with Gasteiger partial charge < -0.3 is 9.88 Å². The predicted molar refractivity (Wildman–Crippen MR) is 103 cm³/mol. The van der Waals surface area contributed by atoms with Gasteiger partial charge in [-0.3, -0.25) is 9.78 Å². The fourth-order valence-electron chi connectivity index (χ4n) is 3.39. The molecule has 0 saturated carbocycles. The molecule has 1 N–H and O–H groups in total. The molecule has 26 heavy (non-hydrogen) atoms. The first-order valence-corrected chi connectivity index (χ1v) is 8.79. The average molecular weight is 344 g/mol. The van der Waals surface area contributed by atoms with Crippen LogP contribution in [0.3, 0.4) is 0 Å². The lowest BCUT2D eigenvalue weighted by molar-refractivity contribution is 0.0934. The highest BCUT2D eigenvalue weighted by atomic mass is 16.1. The number of hydrogen-bond acceptors (Lipinski definition) is 3. The molecule has 0 radical (unpaired) electrons. The number of para-hydroxylation sites is 2. The smallest absolute Gasteiger partial charge is 0.271 e. The van der Waals surface area contributed by atoms with Gasteiger partial charge in [0.15, 0.2) is 0 Å². The van der Waals surface area contributed by atoms with Crippen molar-refractivity contribution in [3.05, 3.63) is 72.3 Å². The predicted octanol–water partition coefficient (Wildman–Crippen LogP) is 4.10. The summed E-state index contributed by atoms with van der Waals surface area (Å²) in [5, 5.41) is 4.91. The highest BCUT2D eigenvalue weighted by molar-refractivity contribution is 6.05. The van der Waals surface area contributed by atoms with Crippen molar-refractivity contribution in [1.82, 2.24) is 19.9 Å². The molecule has 2 heterocycles. The molecule has 2 aromatic heterocycles. The molecule has 4 aromatic rings. The Morgan fingerprint density at radius 1 is 1.12 bits per heavy atom. The van der Waals surface area contributed by atoms with Gasteiger partial charge in [-0.2, -0.15) is 0 Å². The van der Waals surface area contributed by atoms with E-state index < -0.39 is 0 Å². The van der Waals surface area contributed by atoms with Gasteiger partial charge in [0.05, 0.1) is 17.1 Å². The number of hydrogen-bond donors (Lipinski definition) is 1. The van der Waals surface area contributed by atoms with Gasteiger partial charge in [0.25, 0.3) is 5.91 Å². The Balaban J connectivity index is 1.68. The van der Waals surface area contributed by atoms with Gasteiger partial charge >= 0.3 is 0 Å². The zero-order chi connectivity index (χ0) is 18.1. The van der Waals surface area contributed by atoms with Crippen LogP contribution in [0.5, 0.6) is 0 Å². The lowest BCUT2D eigenvalue weighted by Crippen LogP contribution is -2.29. The summed E-state index contributed by atoms with van der Waals surface area (Å²) in [5.41, 5.74) is 2.46. The molecule has 4 rings (SSSR count). The summed E-state index contributed by atoms with van der Waals surface area (Å²) >= 11 is 0. The van der Waals surface area contributed by atoms with Gasteiger partial charge in [-0.05, 0) is 37.4 Å². The van der Waals surface area contributed by atoms with Crippen LogP contribution in [0.1, 0.15) is 36.2 Å². The van der Waals surface area contributed by atoms with Gasteiger partial charge in [-0.25, -0.2) is 4.98 Å². The number of carbonyl (C=O) groups is 1. The standard InChI is InChI=1S/C21H20N4O/c1-3-25-18-11-7-6-10-17(18)24-20(25)14(2)23-21(26)19-16-9-5-4-8-15(16)12-13-22-19/h4-14H,3H2,1-2H3,(H,23,26).